The van der Waals surface area contributed by atoms with E-state index in [1.807, 2.05) is 37.4 Å². The molecule has 0 unspecified atom stereocenters. The first-order valence-electron chi connectivity index (χ1n) is 7.50. The summed E-state index contributed by atoms with van der Waals surface area (Å²) >= 11 is 4.96. The Balaban J connectivity index is 2.07. The predicted octanol–water partition coefficient (Wildman–Crippen LogP) is 4.46. The predicted molar refractivity (Wildman–Crippen MR) is 102 cm³/mol. The molecule has 2 rings (SSSR count). The first-order chi connectivity index (χ1) is 12.1. The van der Waals surface area contributed by atoms with Crippen molar-refractivity contribution >= 4 is 39.3 Å². The number of anilines is 1. The van der Waals surface area contributed by atoms with Crippen molar-refractivity contribution in [2.45, 2.75) is 11.8 Å². The highest BCUT2D eigenvalue weighted by Gasteiger charge is 2.14. The standard InChI is InChI=1S/C18H17BrN2O3S/c1-3-23-16-8-12(10-20)7-15(19)18(16)24-11-17(22)21-13-5-4-6-14(9-13)25-2/h4-9H,3,11H2,1-2H3,(H,21,22). The molecular formula is C18H17BrN2O3S. The van der Waals surface area contributed by atoms with E-state index in [0.29, 0.717) is 33.8 Å². The van der Waals surface area contributed by atoms with Crippen LogP contribution < -0.4 is 14.8 Å². The Hall–Kier alpha value is -2.17. The average molecular weight is 421 g/mol. The molecule has 0 aliphatic carbocycles. The maximum Gasteiger partial charge on any atom is 0.262 e. The second kappa shape index (κ2) is 9.35. The van der Waals surface area contributed by atoms with Gasteiger partial charge in [0.15, 0.2) is 18.1 Å². The Bertz CT molecular complexity index is 805. The zero-order valence-corrected chi connectivity index (χ0v) is 16.2. The number of nitrogens with zero attached hydrogens (tertiary/aromatic N) is 1. The highest BCUT2D eigenvalue weighted by molar-refractivity contribution is 9.10. The molecule has 1 amide bonds. The summed E-state index contributed by atoms with van der Waals surface area (Å²) in [5.41, 5.74) is 1.16. The van der Waals surface area contributed by atoms with Gasteiger partial charge in [-0.2, -0.15) is 5.26 Å². The monoisotopic (exact) mass is 420 g/mol. The quantitative estimate of drug-likeness (QED) is 0.669. The minimum absolute atomic E-state index is 0.173. The molecule has 0 aliphatic rings. The first kappa shape index (κ1) is 19.2. The Morgan fingerprint density at radius 1 is 1.32 bits per heavy atom. The Morgan fingerprint density at radius 2 is 2.12 bits per heavy atom. The first-order valence-corrected chi connectivity index (χ1v) is 9.52. The molecule has 0 spiro atoms. The van der Waals surface area contributed by atoms with Gasteiger partial charge in [-0.25, -0.2) is 0 Å². The Kier molecular flexibility index (Phi) is 7.16. The number of thioether (sulfide) groups is 1. The fraction of sp³-hybridized carbons (Fsp3) is 0.222. The number of hydrogen-bond acceptors (Lipinski definition) is 5. The van der Waals surface area contributed by atoms with E-state index in [2.05, 4.69) is 27.3 Å². The number of rotatable bonds is 7. The summed E-state index contributed by atoms with van der Waals surface area (Å²) in [5, 5.41) is 11.8. The maximum atomic E-state index is 12.1. The van der Waals surface area contributed by atoms with E-state index < -0.39 is 0 Å². The Labute approximate surface area is 159 Å². The number of carbonyl (C=O) groups is 1. The van der Waals surface area contributed by atoms with Gasteiger partial charge in [0.05, 0.1) is 22.7 Å². The van der Waals surface area contributed by atoms with Gasteiger partial charge in [-0.3, -0.25) is 4.79 Å². The SMILES string of the molecule is CCOc1cc(C#N)cc(Br)c1OCC(=O)Nc1cccc(SC)c1. The minimum atomic E-state index is -0.281. The molecule has 0 saturated carbocycles. The van der Waals surface area contributed by atoms with Crippen molar-refractivity contribution in [1.29, 1.82) is 5.26 Å². The molecule has 0 atom stereocenters. The molecule has 0 saturated heterocycles. The van der Waals surface area contributed by atoms with Crippen molar-refractivity contribution in [3.05, 3.63) is 46.4 Å². The normalized spacial score (nSPS) is 10.0. The third kappa shape index (κ3) is 5.41. The molecule has 0 fully saturated rings. The number of carbonyl (C=O) groups excluding carboxylic acids is 1. The van der Waals surface area contributed by atoms with Crippen LogP contribution in [-0.2, 0) is 4.79 Å². The summed E-state index contributed by atoms with van der Waals surface area (Å²) in [6.07, 6.45) is 1.97. The maximum absolute atomic E-state index is 12.1. The lowest BCUT2D eigenvalue weighted by molar-refractivity contribution is -0.118. The number of ether oxygens (including phenoxy) is 2. The summed E-state index contributed by atoms with van der Waals surface area (Å²) in [4.78, 5) is 13.2. The minimum Gasteiger partial charge on any atom is -0.490 e. The van der Waals surface area contributed by atoms with Gasteiger partial charge < -0.3 is 14.8 Å². The van der Waals surface area contributed by atoms with E-state index in [1.165, 1.54) is 0 Å². The molecule has 2 aromatic rings. The van der Waals surface area contributed by atoms with Crippen LogP contribution in [0.3, 0.4) is 0 Å². The van der Waals surface area contributed by atoms with Crippen LogP contribution in [0.25, 0.3) is 0 Å². The van der Waals surface area contributed by atoms with Gasteiger partial charge in [-0.1, -0.05) is 6.07 Å². The molecule has 0 aromatic heterocycles. The summed E-state index contributed by atoms with van der Waals surface area (Å²) in [6, 6.07) is 12.8. The van der Waals surface area contributed by atoms with E-state index in [-0.39, 0.29) is 12.5 Å². The molecule has 0 heterocycles. The lowest BCUT2D eigenvalue weighted by Crippen LogP contribution is -2.20. The number of benzene rings is 2. The zero-order valence-electron chi connectivity index (χ0n) is 13.8. The number of amides is 1. The highest BCUT2D eigenvalue weighted by Crippen LogP contribution is 2.36. The molecular weight excluding hydrogens is 404 g/mol. The molecule has 0 aliphatic heterocycles. The molecule has 2 aromatic carbocycles. The second-order valence-electron chi connectivity index (χ2n) is 4.90. The molecule has 7 heteroatoms. The van der Waals surface area contributed by atoms with Crippen LogP contribution in [0.15, 0.2) is 45.8 Å². The molecule has 1 N–H and O–H groups in total. The van der Waals surface area contributed by atoms with Gasteiger partial charge in [0.2, 0.25) is 0 Å². The van der Waals surface area contributed by atoms with Gasteiger partial charge >= 0.3 is 0 Å². The van der Waals surface area contributed by atoms with Crippen LogP contribution in [0, 0.1) is 11.3 Å². The smallest absolute Gasteiger partial charge is 0.262 e. The van der Waals surface area contributed by atoms with E-state index in [1.54, 1.807) is 23.9 Å². The van der Waals surface area contributed by atoms with Crippen molar-refractivity contribution in [3.8, 4) is 17.6 Å². The van der Waals surface area contributed by atoms with Gasteiger partial charge in [0.1, 0.15) is 0 Å². The van der Waals surface area contributed by atoms with Gasteiger partial charge in [0.25, 0.3) is 5.91 Å². The molecule has 0 bridgehead atoms. The van der Waals surface area contributed by atoms with Crippen molar-refractivity contribution in [2.24, 2.45) is 0 Å². The van der Waals surface area contributed by atoms with Crippen LogP contribution in [0.5, 0.6) is 11.5 Å². The van der Waals surface area contributed by atoms with Crippen LogP contribution >= 0.6 is 27.7 Å². The topological polar surface area (TPSA) is 71.3 Å². The average Bonchev–Trinajstić information content (AvgIpc) is 2.61. The summed E-state index contributed by atoms with van der Waals surface area (Å²) in [7, 11) is 0. The molecule has 25 heavy (non-hydrogen) atoms. The van der Waals surface area contributed by atoms with Gasteiger partial charge in [0, 0.05) is 16.6 Å². The number of nitriles is 1. The Morgan fingerprint density at radius 3 is 2.80 bits per heavy atom. The van der Waals surface area contributed by atoms with Crippen LogP contribution in [0.4, 0.5) is 5.69 Å². The molecule has 5 nitrogen and oxygen atoms in total. The van der Waals surface area contributed by atoms with E-state index in [4.69, 9.17) is 14.7 Å². The summed E-state index contributed by atoms with van der Waals surface area (Å²) in [6.45, 7) is 2.08. The van der Waals surface area contributed by atoms with Crippen LogP contribution in [0.2, 0.25) is 0 Å². The van der Waals surface area contributed by atoms with E-state index in [0.717, 1.165) is 4.90 Å². The van der Waals surface area contributed by atoms with E-state index >= 15 is 0 Å². The second-order valence-corrected chi connectivity index (χ2v) is 6.63. The lowest BCUT2D eigenvalue weighted by atomic mass is 10.2. The summed E-state index contributed by atoms with van der Waals surface area (Å²) < 4.78 is 11.7. The summed E-state index contributed by atoms with van der Waals surface area (Å²) in [5.74, 6) is 0.538. The van der Waals surface area contributed by atoms with Crippen molar-refractivity contribution in [2.75, 3.05) is 24.8 Å². The number of hydrogen-bond donors (Lipinski definition) is 1. The molecule has 130 valence electrons. The van der Waals surface area contributed by atoms with Crippen LogP contribution in [-0.4, -0.2) is 25.4 Å². The highest BCUT2D eigenvalue weighted by atomic mass is 79.9. The van der Waals surface area contributed by atoms with E-state index in [9.17, 15) is 4.79 Å². The number of nitrogens with one attached hydrogen (secondary N) is 1. The van der Waals surface area contributed by atoms with Gasteiger partial charge in [-0.15, -0.1) is 11.8 Å². The number of halogens is 1. The fourth-order valence-corrected chi connectivity index (χ4v) is 3.09. The van der Waals surface area contributed by atoms with Crippen LogP contribution in [0.1, 0.15) is 12.5 Å². The third-order valence-corrected chi connectivity index (χ3v) is 4.45. The third-order valence-electron chi connectivity index (χ3n) is 3.14. The molecule has 0 radical (unpaired) electrons. The van der Waals surface area contributed by atoms with Crippen molar-refractivity contribution in [3.63, 3.8) is 0 Å². The van der Waals surface area contributed by atoms with Gasteiger partial charge in [-0.05, 0) is 53.4 Å². The van der Waals surface area contributed by atoms with Crippen molar-refractivity contribution in [1.82, 2.24) is 0 Å². The van der Waals surface area contributed by atoms with Crippen molar-refractivity contribution < 1.29 is 14.3 Å². The zero-order chi connectivity index (χ0) is 18.2. The largest absolute Gasteiger partial charge is 0.490 e. The lowest BCUT2D eigenvalue weighted by Gasteiger charge is -2.14. The fourth-order valence-electron chi connectivity index (χ4n) is 2.07.